The zero-order chi connectivity index (χ0) is 13.1. The van der Waals surface area contributed by atoms with Crippen LogP contribution in [-0.2, 0) is 13.0 Å². The third kappa shape index (κ3) is 2.79. The van der Waals surface area contributed by atoms with Crippen LogP contribution < -0.4 is 5.32 Å². The average molecular weight is 258 g/mol. The van der Waals surface area contributed by atoms with Gasteiger partial charge in [0.1, 0.15) is 0 Å². The fourth-order valence-electron chi connectivity index (χ4n) is 3.67. The Morgan fingerprint density at radius 1 is 1.26 bits per heavy atom. The molecule has 1 fully saturated rings. The van der Waals surface area contributed by atoms with E-state index in [0.29, 0.717) is 0 Å². The summed E-state index contributed by atoms with van der Waals surface area (Å²) in [5, 5.41) is 3.58. The summed E-state index contributed by atoms with van der Waals surface area (Å²) in [6.45, 7) is 5.87. The lowest BCUT2D eigenvalue weighted by molar-refractivity contribution is 0.186. The van der Waals surface area contributed by atoms with Crippen LogP contribution in [0.2, 0.25) is 0 Å². The Labute approximate surface area is 117 Å². The molecule has 0 saturated carbocycles. The van der Waals surface area contributed by atoms with Crippen LogP contribution in [0.25, 0.3) is 0 Å². The number of hydrogen-bond donors (Lipinski definition) is 1. The third-order valence-electron chi connectivity index (χ3n) is 4.78. The number of nitrogens with one attached hydrogen (secondary N) is 1. The Bertz CT molecular complexity index is 427. The lowest BCUT2D eigenvalue weighted by Gasteiger charge is -2.29. The Morgan fingerprint density at radius 3 is 3.11 bits per heavy atom. The maximum Gasteiger partial charge on any atom is 0.0419 e. The second-order valence-corrected chi connectivity index (χ2v) is 6.01. The van der Waals surface area contributed by atoms with E-state index in [1.54, 1.807) is 0 Å². The first-order valence-corrected chi connectivity index (χ1v) is 7.97. The molecule has 2 nitrogen and oxygen atoms in total. The van der Waals surface area contributed by atoms with Crippen molar-refractivity contribution in [3.63, 3.8) is 0 Å². The molecule has 1 aromatic rings. The van der Waals surface area contributed by atoms with Gasteiger partial charge in [0, 0.05) is 24.8 Å². The highest BCUT2D eigenvalue weighted by atomic mass is 15.2. The molecule has 2 aliphatic rings. The molecule has 2 aliphatic heterocycles. The summed E-state index contributed by atoms with van der Waals surface area (Å²) in [7, 11) is 0. The van der Waals surface area contributed by atoms with Crippen molar-refractivity contribution in [3.8, 4) is 0 Å². The summed E-state index contributed by atoms with van der Waals surface area (Å²) in [4.78, 5) is 2.72. The van der Waals surface area contributed by atoms with Crippen LogP contribution in [0.3, 0.4) is 0 Å². The fraction of sp³-hybridized carbons (Fsp3) is 0.647. The van der Waals surface area contributed by atoms with Crippen LogP contribution in [0.1, 0.15) is 50.2 Å². The Kier molecular flexibility index (Phi) is 4.07. The van der Waals surface area contributed by atoms with E-state index < -0.39 is 0 Å². The monoisotopic (exact) mass is 258 g/mol. The minimum absolute atomic E-state index is 0.791. The molecule has 1 atom stereocenters. The molecule has 0 spiro atoms. The van der Waals surface area contributed by atoms with E-state index in [4.69, 9.17) is 0 Å². The maximum absolute atomic E-state index is 3.58. The number of para-hydroxylation sites is 1. The second-order valence-electron chi connectivity index (χ2n) is 6.01. The van der Waals surface area contributed by atoms with E-state index in [1.165, 1.54) is 61.9 Å². The van der Waals surface area contributed by atoms with E-state index in [9.17, 15) is 0 Å². The first-order chi connectivity index (χ1) is 9.38. The fourth-order valence-corrected chi connectivity index (χ4v) is 3.67. The van der Waals surface area contributed by atoms with Crippen LogP contribution >= 0.6 is 0 Å². The van der Waals surface area contributed by atoms with Gasteiger partial charge in [0.15, 0.2) is 0 Å². The predicted molar refractivity (Wildman–Crippen MR) is 81.6 cm³/mol. The molecule has 0 amide bonds. The highest BCUT2D eigenvalue weighted by molar-refractivity contribution is 5.61. The molecule has 2 heterocycles. The van der Waals surface area contributed by atoms with Gasteiger partial charge in [0.05, 0.1) is 0 Å². The lowest BCUT2D eigenvalue weighted by atomic mass is 10.0. The predicted octanol–water partition coefficient (Wildman–Crippen LogP) is 3.81. The number of hydrogen-bond acceptors (Lipinski definition) is 2. The smallest absolute Gasteiger partial charge is 0.0419 e. The topological polar surface area (TPSA) is 15.3 Å². The lowest BCUT2D eigenvalue weighted by Crippen LogP contribution is -2.34. The van der Waals surface area contributed by atoms with Crippen LogP contribution in [0.15, 0.2) is 18.2 Å². The average Bonchev–Trinajstić information content (AvgIpc) is 2.80. The molecule has 0 radical (unpaired) electrons. The van der Waals surface area contributed by atoms with Gasteiger partial charge in [-0.2, -0.15) is 0 Å². The van der Waals surface area contributed by atoms with E-state index in [1.807, 2.05) is 0 Å². The quantitative estimate of drug-likeness (QED) is 0.887. The Morgan fingerprint density at radius 2 is 2.21 bits per heavy atom. The van der Waals surface area contributed by atoms with E-state index in [-0.39, 0.29) is 0 Å². The van der Waals surface area contributed by atoms with E-state index in [2.05, 4.69) is 35.3 Å². The third-order valence-corrected chi connectivity index (χ3v) is 4.78. The van der Waals surface area contributed by atoms with Crippen LogP contribution in [0.4, 0.5) is 5.69 Å². The maximum atomic E-state index is 3.58. The molecule has 1 saturated heterocycles. The second kappa shape index (κ2) is 5.96. The normalized spacial score (nSPS) is 23.7. The first kappa shape index (κ1) is 13.0. The number of rotatable bonds is 3. The van der Waals surface area contributed by atoms with E-state index in [0.717, 1.165) is 19.1 Å². The van der Waals surface area contributed by atoms with Gasteiger partial charge < -0.3 is 5.32 Å². The van der Waals surface area contributed by atoms with Crippen molar-refractivity contribution in [1.29, 1.82) is 0 Å². The van der Waals surface area contributed by atoms with Crippen molar-refractivity contribution in [2.24, 2.45) is 0 Å². The molecule has 19 heavy (non-hydrogen) atoms. The summed E-state index contributed by atoms with van der Waals surface area (Å²) in [5.41, 5.74) is 4.46. The van der Waals surface area contributed by atoms with Gasteiger partial charge >= 0.3 is 0 Å². The highest BCUT2D eigenvalue weighted by Gasteiger charge is 2.21. The summed E-state index contributed by atoms with van der Waals surface area (Å²) in [6, 6.07) is 7.62. The zero-order valence-electron chi connectivity index (χ0n) is 12.1. The highest BCUT2D eigenvalue weighted by Crippen LogP contribution is 2.29. The molecule has 3 rings (SSSR count). The van der Waals surface area contributed by atoms with Crippen molar-refractivity contribution in [2.75, 3.05) is 18.4 Å². The summed E-state index contributed by atoms with van der Waals surface area (Å²) in [6.07, 6.45) is 8.08. The first-order valence-electron chi connectivity index (χ1n) is 7.97. The summed E-state index contributed by atoms with van der Waals surface area (Å²) in [5.74, 6) is 0. The van der Waals surface area contributed by atoms with Crippen molar-refractivity contribution in [3.05, 3.63) is 29.3 Å². The molecule has 0 aromatic heterocycles. The van der Waals surface area contributed by atoms with Gasteiger partial charge in [-0.05, 0) is 43.4 Å². The summed E-state index contributed by atoms with van der Waals surface area (Å²) >= 11 is 0. The summed E-state index contributed by atoms with van der Waals surface area (Å²) < 4.78 is 0. The SMILES string of the molecule is CCC1CCCCCN1Cc1cccc2c1NCC2. The molecule has 0 bridgehead atoms. The molecular formula is C17H26N2. The number of fused-ring (bicyclic) bond motifs is 1. The van der Waals surface area contributed by atoms with Crippen LogP contribution in [-0.4, -0.2) is 24.0 Å². The zero-order valence-corrected chi connectivity index (χ0v) is 12.1. The van der Waals surface area contributed by atoms with Crippen LogP contribution in [0, 0.1) is 0 Å². The number of benzene rings is 1. The minimum Gasteiger partial charge on any atom is -0.384 e. The molecule has 0 aliphatic carbocycles. The Hall–Kier alpha value is -1.02. The Balaban J connectivity index is 1.78. The van der Waals surface area contributed by atoms with Gasteiger partial charge in [-0.25, -0.2) is 0 Å². The molecule has 1 N–H and O–H groups in total. The van der Waals surface area contributed by atoms with Gasteiger partial charge in [-0.15, -0.1) is 0 Å². The molecule has 104 valence electrons. The van der Waals surface area contributed by atoms with Crippen molar-refractivity contribution in [1.82, 2.24) is 4.90 Å². The van der Waals surface area contributed by atoms with Gasteiger partial charge in [-0.3, -0.25) is 4.90 Å². The standard InChI is InChI=1S/C17H26N2/c1-2-16-9-4-3-5-12-19(16)13-15-8-6-7-14-10-11-18-17(14)15/h6-8,16,18H,2-5,9-13H2,1H3. The van der Waals surface area contributed by atoms with Gasteiger partial charge in [-0.1, -0.05) is 38.0 Å². The molecule has 1 unspecified atom stereocenters. The number of anilines is 1. The van der Waals surface area contributed by atoms with Crippen molar-refractivity contribution < 1.29 is 0 Å². The van der Waals surface area contributed by atoms with Crippen molar-refractivity contribution >= 4 is 5.69 Å². The van der Waals surface area contributed by atoms with Crippen molar-refractivity contribution in [2.45, 2.75) is 58.0 Å². The minimum atomic E-state index is 0.791. The van der Waals surface area contributed by atoms with Gasteiger partial charge in [0.25, 0.3) is 0 Å². The molecule has 2 heteroatoms. The number of nitrogens with zero attached hydrogens (tertiary/aromatic N) is 1. The molecule has 1 aromatic carbocycles. The van der Waals surface area contributed by atoms with Crippen LogP contribution in [0.5, 0.6) is 0 Å². The largest absolute Gasteiger partial charge is 0.384 e. The van der Waals surface area contributed by atoms with E-state index >= 15 is 0 Å². The molecular weight excluding hydrogens is 232 g/mol. The van der Waals surface area contributed by atoms with Gasteiger partial charge in [0.2, 0.25) is 0 Å². The number of likely N-dealkylation sites (tertiary alicyclic amines) is 1.